The summed E-state index contributed by atoms with van der Waals surface area (Å²) in [6.45, 7) is 2.37. The van der Waals surface area contributed by atoms with Crippen LogP contribution in [-0.2, 0) is 6.54 Å². The van der Waals surface area contributed by atoms with Crippen molar-refractivity contribution in [3.8, 4) is 0 Å². The topological polar surface area (TPSA) is 92.9 Å². The second-order valence-corrected chi connectivity index (χ2v) is 4.20. The molecule has 0 unspecified atom stereocenters. The number of hydrogen-bond acceptors (Lipinski definition) is 2. The van der Waals surface area contributed by atoms with Gasteiger partial charge in [0.1, 0.15) is 0 Å². The van der Waals surface area contributed by atoms with Crippen molar-refractivity contribution in [2.75, 3.05) is 13.1 Å². The van der Waals surface area contributed by atoms with Gasteiger partial charge in [-0.05, 0) is 24.5 Å². The average molecular weight is 283 g/mol. The Morgan fingerprint density at radius 3 is 2.68 bits per heavy atom. The van der Waals surface area contributed by atoms with Gasteiger partial charge in [0.25, 0.3) is 0 Å². The standard InChI is InChI=1S/C12H18N6.ClH/c13-11(16-9-10-4-3-5-15-8-10)17-12(14)18-6-1-2-7-18;/h3-5,8H,1-2,6-7,9H2,(H4,13,14,16,17);1H. The Kier molecular flexibility index (Phi) is 6.08. The first-order valence-electron chi connectivity index (χ1n) is 6.03. The van der Waals surface area contributed by atoms with Crippen LogP contribution in [0.3, 0.4) is 0 Å². The smallest absolute Gasteiger partial charge is 0.218 e. The summed E-state index contributed by atoms with van der Waals surface area (Å²) >= 11 is 0. The molecule has 1 aliphatic rings. The number of halogens is 1. The third kappa shape index (κ3) is 4.75. The lowest BCUT2D eigenvalue weighted by Gasteiger charge is -2.15. The van der Waals surface area contributed by atoms with E-state index in [1.54, 1.807) is 12.4 Å². The van der Waals surface area contributed by atoms with Crippen LogP contribution in [0.4, 0.5) is 0 Å². The molecule has 0 aliphatic carbocycles. The predicted molar refractivity (Wildman–Crippen MR) is 79.2 cm³/mol. The van der Waals surface area contributed by atoms with E-state index in [1.807, 2.05) is 17.0 Å². The molecule has 0 atom stereocenters. The molecule has 6 nitrogen and oxygen atoms in total. The first-order valence-corrected chi connectivity index (χ1v) is 6.03. The van der Waals surface area contributed by atoms with E-state index in [0.29, 0.717) is 12.5 Å². The fourth-order valence-corrected chi connectivity index (χ4v) is 1.83. The second kappa shape index (κ2) is 7.58. The maximum atomic E-state index is 5.85. The number of guanidine groups is 2. The van der Waals surface area contributed by atoms with Crippen LogP contribution in [0.2, 0.25) is 0 Å². The summed E-state index contributed by atoms with van der Waals surface area (Å²) in [4.78, 5) is 14.3. The minimum Gasteiger partial charge on any atom is -0.369 e. The Hall–Kier alpha value is -1.82. The van der Waals surface area contributed by atoms with Gasteiger partial charge in [0.15, 0.2) is 5.96 Å². The summed E-state index contributed by atoms with van der Waals surface area (Å²) in [5.74, 6) is 0.670. The van der Waals surface area contributed by atoms with Gasteiger partial charge in [-0.1, -0.05) is 6.07 Å². The molecule has 0 spiro atoms. The molecule has 2 heterocycles. The number of aromatic nitrogens is 1. The number of likely N-dealkylation sites (tertiary alicyclic amines) is 1. The zero-order chi connectivity index (χ0) is 12.8. The maximum absolute atomic E-state index is 5.85. The monoisotopic (exact) mass is 282 g/mol. The van der Waals surface area contributed by atoms with E-state index in [-0.39, 0.29) is 18.4 Å². The van der Waals surface area contributed by atoms with Crippen LogP contribution in [-0.4, -0.2) is 34.9 Å². The second-order valence-electron chi connectivity index (χ2n) is 4.20. The zero-order valence-corrected chi connectivity index (χ0v) is 11.5. The highest BCUT2D eigenvalue weighted by Crippen LogP contribution is 2.06. The molecule has 1 aromatic rings. The van der Waals surface area contributed by atoms with Gasteiger partial charge in [-0.2, -0.15) is 4.99 Å². The van der Waals surface area contributed by atoms with Crippen molar-refractivity contribution in [2.24, 2.45) is 21.5 Å². The Labute approximate surface area is 119 Å². The summed E-state index contributed by atoms with van der Waals surface area (Å²) < 4.78 is 0. The number of nitrogens with zero attached hydrogens (tertiary/aromatic N) is 4. The lowest BCUT2D eigenvalue weighted by molar-refractivity contribution is 0.514. The molecule has 1 saturated heterocycles. The highest BCUT2D eigenvalue weighted by Gasteiger charge is 2.13. The largest absolute Gasteiger partial charge is 0.369 e. The van der Waals surface area contributed by atoms with Gasteiger partial charge >= 0.3 is 0 Å². The first-order chi connectivity index (χ1) is 8.75. The van der Waals surface area contributed by atoms with Crippen molar-refractivity contribution in [1.29, 1.82) is 0 Å². The average Bonchev–Trinajstić information content (AvgIpc) is 2.91. The summed E-state index contributed by atoms with van der Waals surface area (Å²) in [6, 6.07) is 3.81. The minimum atomic E-state index is 0. The van der Waals surface area contributed by atoms with E-state index in [0.717, 1.165) is 31.5 Å². The Bertz CT molecular complexity index is 439. The molecular formula is C12H19ClN6. The third-order valence-corrected chi connectivity index (χ3v) is 2.81. The molecule has 104 valence electrons. The molecule has 0 amide bonds. The molecule has 7 heteroatoms. The highest BCUT2D eigenvalue weighted by molar-refractivity contribution is 5.93. The van der Waals surface area contributed by atoms with E-state index in [9.17, 15) is 0 Å². The molecular weight excluding hydrogens is 264 g/mol. The van der Waals surface area contributed by atoms with Crippen LogP contribution in [0.5, 0.6) is 0 Å². The SMILES string of the molecule is Cl.NC(=NCc1cccnc1)N=C(N)N1CCCC1. The van der Waals surface area contributed by atoms with Crippen LogP contribution < -0.4 is 11.5 Å². The van der Waals surface area contributed by atoms with Gasteiger partial charge in [0, 0.05) is 25.5 Å². The van der Waals surface area contributed by atoms with E-state index in [4.69, 9.17) is 11.5 Å². The lowest BCUT2D eigenvalue weighted by atomic mass is 10.3. The molecule has 1 aliphatic heterocycles. The third-order valence-electron chi connectivity index (χ3n) is 2.81. The highest BCUT2D eigenvalue weighted by atomic mass is 35.5. The minimum absolute atomic E-state index is 0. The van der Waals surface area contributed by atoms with Crippen LogP contribution in [0.1, 0.15) is 18.4 Å². The van der Waals surface area contributed by atoms with Crippen molar-refractivity contribution in [3.63, 3.8) is 0 Å². The van der Waals surface area contributed by atoms with Crippen molar-refractivity contribution in [3.05, 3.63) is 30.1 Å². The van der Waals surface area contributed by atoms with Gasteiger partial charge in [-0.3, -0.25) is 4.98 Å². The van der Waals surface area contributed by atoms with Crippen molar-refractivity contribution in [2.45, 2.75) is 19.4 Å². The fourth-order valence-electron chi connectivity index (χ4n) is 1.83. The van der Waals surface area contributed by atoms with Gasteiger partial charge in [-0.25, -0.2) is 4.99 Å². The van der Waals surface area contributed by atoms with Crippen LogP contribution in [0, 0.1) is 0 Å². The van der Waals surface area contributed by atoms with Crippen molar-refractivity contribution < 1.29 is 0 Å². The van der Waals surface area contributed by atoms with Crippen LogP contribution >= 0.6 is 12.4 Å². The molecule has 0 radical (unpaired) electrons. The van der Waals surface area contributed by atoms with Crippen molar-refractivity contribution >= 4 is 24.3 Å². The zero-order valence-electron chi connectivity index (χ0n) is 10.7. The van der Waals surface area contributed by atoms with Gasteiger partial charge in [-0.15, -0.1) is 12.4 Å². The maximum Gasteiger partial charge on any atom is 0.218 e. The van der Waals surface area contributed by atoms with E-state index in [2.05, 4.69) is 15.0 Å². The number of hydrogen-bond donors (Lipinski definition) is 2. The summed E-state index contributed by atoms with van der Waals surface area (Å²) in [7, 11) is 0. The fraction of sp³-hybridized carbons (Fsp3) is 0.417. The Morgan fingerprint density at radius 1 is 1.32 bits per heavy atom. The molecule has 4 N–H and O–H groups in total. The van der Waals surface area contributed by atoms with Crippen LogP contribution in [0.15, 0.2) is 34.5 Å². The molecule has 19 heavy (non-hydrogen) atoms. The van der Waals surface area contributed by atoms with Gasteiger partial charge in [0.2, 0.25) is 5.96 Å². The Balaban J connectivity index is 0.00000180. The van der Waals surface area contributed by atoms with Crippen LogP contribution in [0.25, 0.3) is 0 Å². The molecule has 0 bridgehead atoms. The predicted octanol–water partition coefficient (Wildman–Crippen LogP) is 0.729. The quantitative estimate of drug-likeness (QED) is 0.618. The summed E-state index contributed by atoms with van der Waals surface area (Å²) in [6.07, 6.45) is 5.79. The Morgan fingerprint density at radius 2 is 2.05 bits per heavy atom. The summed E-state index contributed by atoms with van der Waals surface area (Å²) in [5.41, 5.74) is 12.6. The molecule has 0 saturated carbocycles. The van der Waals surface area contributed by atoms with E-state index >= 15 is 0 Å². The van der Waals surface area contributed by atoms with E-state index in [1.165, 1.54) is 0 Å². The number of pyridine rings is 1. The number of nitrogens with two attached hydrogens (primary N) is 2. The van der Waals surface area contributed by atoms with Crippen molar-refractivity contribution in [1.82, 2.24) is 9.88 Å². The molecule has 1 aromatic heterocycles. The molecule has 2 rings (SSSR count). The summed E-state index contributed by atoms with van der Waals surface area (Å²) in [5, 5.41) is 0. The molecule has 1 fully saturated rings. The van der Waals surface area contributed by atoms with Gasteiger partial charge < -0.3 is 16.4 Å². The van der Waals surface area contributed by atoms with Gasteiger partial charge in [0.05, 0.1) is 6.54 Å². The lowest BCUT2D eigenvalue weighted by Crippen LogP contribution is -2.36. The number of rotatable bonds is 2. The molecule has 0 aromatic carbocycles. The number of aliphatic imine (C=N–C) groups is 2. The van der Waals surface area contributed by atoms with E-state index < -0.39 is 0 Å². The first kappa shape index (κ1) is 15.2. The normalized spacial score (nSPS) is 16.3.